The van der Waals surface area contributed by atoms with Gasteiger partial charge >= 0.3 is 0 Å². The molecule has 0 aromatic carbocycles. The van der Waals surface area contributed by atoms with E-state index in [0.717, 1.165) is 6.42 Å². The molecule has 1 fully saturated rings. The molecule has 3 nitrogen and oxygen atoms in total. The minimum atomic E-state index is -0.382. The van der Waals surface area contributed by atoms with Gasteiger partial charge in [0.05, 0.1) is 0 Å². The Morgan fingerprint density at radius 2 is 2.50 bits per heavy atom. The molecule has 56 valence electrons. The van der Waals surface area contributed by atoms with Crippen molar-refractivity contribution < 1.29 is 9.59 Å². The number of carbonyl (C=O) groups is 2. The van der Waals surface area contributed by atoms with Gasteiger partial charge in [0.2, 0.25) is 11.1 Å². The molecule has 4 heteroatoms. The molecule has 0 aliphatic carbocycles. The van der Waals surface area contributed by atoms with E-state index in [2.05, 4.69) is 5.32 Å². The molecule has 0 saturated carbocycles. The highest BCUT2D eigenvalue weighted by Crippen LogP contribution is 2.10. The average molecular weight is 162 g/mol. The second-order valence-corrected chi connectivity index (χ2v) is 2.78. The zero-order valence-electron chi connectivity index (χ0n) is 5.39. The van der Waals surface area contributed by atoms with E-state index in [-0.39, 0.29) is 23.6 Å². The van der Waals surface area contributed by atoms with Gasteiger partial charge in [0, 0.05) is 18.9 Å². The summed E-state index contributed by atoms with van der Waals surface area (Å²) < 4.78 is 0. The number of amides is 1. The number of rotatable bonds is 2. The summed E-state index contributed by atoms with van der Waals surface area (Å²) in [5.74, 6) is 0.0166. The van der Waals surface area contributed by atoms with E-state index in [1.165, 1.54) is 0 Å². The van der Waals surface area contributed by atoms with Gasteiger partial charge in [-0.05, 0) is 18.0 Å². The lowest BCUT2D eigenvalue weighted by molar-refractivity contribution is -0.119. The highest BCUT2D eigenvalue weighted by Gasteiger charge is 2.21. The summed E-state index contributed by atoms with van der Waals surface area (Å²) in [7, 11) is 0. The van der Waals surface area contributed by atoms with Crippen molar-refractivity contribution >= 4 is 22.8 Å². The van der Waals surface area contributed by atoms with Crippen LogP contribution in [-0.2, 0) is 9.59 Å². The van der Waals surface area contributed by atoms with Crippen LogP contribution >= 0.6 is 11.6 Å². The fourth-order valence-corrected chi connectivity index (χ4v) is 1.21. The Labute approximate surface area is 63.7 Å². The summed E-state index contributed by atoms with van der Waals surface area (Å²) in [6.45, 7) is 0. The first-order valence-electron chi connectivity index (χ1n) is 3.16. The van der Waals surface area contributed by atoms with Crippen LogP contribution in [0.15, 0.2) is 0 Å². The molecule has 1 amide bonds. The van der Waals surface area contributed by atoms with E-state index in [1.54, 1.807) is 0 Å². The van der Waals surface area contributed by atoms with Crippen molar-refractivity contribution in [3.05, 3.63) is 0 Å². The molecule has 1 atom stereocenters. The van der Waals surface area contributed by atoms with E-state index in [9.17, 15) is 9.59 Å². The van der Waals surface area contributed by atoms with Gasteiger partial charge in [0.25, 0.3) is 0 Å². The van der Waals surface area contributed by atoms with Gasteiger partial charge in [-0.1, -0.05) is 0 Å². The van der Waals surface area contributed by atoms with Crippen molar-refractivity contribution in [3.63, 3.8) is 0 Å². The quantitative estimate of drug-likeness (QED) is 0.597. The Bertz CT molecular complexity index is 169. The third-order valence-electron chi connectivity index (χ3n) is 1.49. The van der Waals surface area contributed by atoms with Gasteiger partial charge in [-0.3, -0.25) is 9.59 Å². The molecule has 1 aliphatic rings. The summed E-state index contributed by atoms with van der Waals surface area (Å²) >= 11 is 5.12. The van der Waals surface area contributed by atoms with Gasteiger partial charge in [-0.25, -0.2) is 0 Å². The first-order valence-corrected chi connectivity index (χ1v) is 3.54. The third kappa shape index (κ3) is 1.99. The first-order chi connectivity index (χ1) is 4.68. The molecular weight excluding hydrogens is 154 g/mol. The van der Waals surface area contributed by atoms with Crippen LogP contribution in [0.1, 0.15) is 19.3 Å². The predicted molar refractivity (Wildman–Crippen MR) is 36.6 cm³/mol. The summed E-state index contributed by atoms with van der Waals surface area (Å²) in [5, 5.41) is 2.26. The molecule has 0 aromatic rings. The van der Waals surface area contributed by atoms with E-state index in [0.29, 0.717) is 6.42 Å². The Hall–Kier alpha value is -0.570. The van der Waals surface area contributed by atoms with Gasteiger partial charge in [-0.15, -0.1) is 0 Å². The fourth-order valence-electron chi connectivity index (χ4n) is 1.02. The van der Waals surface area contributed by atoms with Crippen LogP contribution in [0, 0.1) is 0 Å². The molecule has 0 aromatic heterocycles. The monoisotopic (exact) mass is 161 g/mol. The lowest BCUT2D eigenvalue weighted by Gasteiger charge is -2.03. The summed E-state index contributed by atoms with van der Waals surface area (Å²) in [6.07, 6.45) is 1.51. The number of halogens is 1. The molecular formula is C6H8ClNO2. The molecule has 1 rings (SSSR count). The number of nitrogens with one attached hydrogen (secondary N) is 1. The lowest BCUT2D eigenvalue weighted by Crippen LogP contribution is -2.26. The third-order valence-corrected chi connectivity index (χ3v) is 1.65. The van der Waals surface area contributed by atoms with Crippen LogP contribution in [0.5, 0.6) is 0 Å². The standard InChI is InChI=1S/C6H8ClNO2/c7-5(9)3-4-1-2-6(10)8-4/h4H,1-3H2,(H,8,10)/t4-/m0/s1. The van der Waals surface area contributed by atoms with Gasteiger partial charge in [0.15, 0.2) is 0 Å². The van der Waals surface area contributed by atoms with Crippen molar-refractivity contribution in [1.29, 1.82) is 0 Å². The maximum absolute atomic E-state index is 10.6. The highest BCUT2D eigenvalue weighted by atomic mass is 35.5. The second-order valence-electron chi connectivity index (χ2n) is 2.36. The van der Waals surface area contributed by atoms with Crippen molar-refractivity contribution in [2.75, 3.05) is 0 Å². The largest absolute Gasteiger partial charge is 0.353 e. The molecule has 1 saturated heterocycles. The summed E-state index contributed by atoms with van der Waals surface area (Å²) in [6, 6.07) is -0.0162. The summed E-state index contributed by atoms with van der Waals surface area (Å²) in [4.78, 5) is 20.9. The Balaban J connectivity index is 2.31. The number of hydrogen-bond donors (Lipinski definition) is 1. The lowest BCUT2D eigenvalue weighted by atomic mass is 10.2. The van der Waals surface area contributed by atoms with Gasteiger partial charge < -0.3 is 5.32 Å². The maximum atomic E-state index is 10.6. The molecule has 0 spiro atoms. The zero-order chi connectivity index (χ0) is 7.56. The van der Waals surface area contributed by atoms with Crippen molar-refractivity contribution in [2.24, 2.45) is 0 Å². The minimum absolute atomic E-state index is 0.0162. The van der Waals surface area contributed by atoms with Crippen LogP contribution in [-0.4, -0.2) is 17.2 Å². The number of hydrogen-bond acceptors (Lipinski definition) is 2. The van der Waals surface area contributed by atoms with Crippen LogP contribution in [0.3, 0.4) is 0 Å². The maximum Gasteiger partial charge on any atom is 0.223 e. The Kier molecular flexibility index (Phi) is 2.27. The smallest absolute Gasteiger partial charge is 0.223 e. The van der Waals surface area contributed by atoms with E-state index in [4.69, 9.17) is 11.6 Å². The zero-order valence-corrected chi connectivity index (χ0v) is 6.15. The molecule has 1 heterocycles. The first kappa shape index (κ1) is 7.54. The summed E-state index contributed by atoms with van der Waals surface area (Å²) in [5.41, 5.74) is 0. The van der Waals surface area contributed by atoms with E-state index in [1.807, 2.05) is 0 Å². The normalized spacial score (nSPS) is 24.5. The second kappa shape index (κ2) is 3.01. The molecule has 1 aliphatic heterocycles. The van der Waals surface area contributed by atoms with Crippen molar-refractivity contribution in [3.8, 4) is 0 Å². The Morgan fingerprint density at radius 1 is 1.80 bits per heavy atom. The Morgan fingerprint density at radius 3 is 2.90 bits per heavy atom. The van der Waals surface area contributed by atoms with E-state index < -0.39 is 0 Å². The topological polar surface area (TPSA) is 46.2 Å². The SMILES string of the molecule is O=C(Cl)C[C@@H]1CCC(=O)N1. The number of carbonyl (C=O) groups excluding carboxylic acids is 2. The predicted octanol–water partition coefficient (Wildman–Crippen LogP) is 0.420. The molecule has 0 radical (unpaired) electrons. The van der Waals surface area contributed by atoms with Crippen LogP contribution < -0.4 is 5.32 Å². The molecule has 10 heavy (non-hydrogen) atoms. The molecule has 1 N–H and O–H groups in total. The van der Waals surface area contributed by atoms with Gasteiger partial charge in [-0.2, -0.15) is 0 Å². The average Bonchev–Trinajstić information content (AvgIpc) is 2.13. The van der Waals surface area contributed by atoms with Crippen molar-refractivity contribution in [2.45, 2.75) is 25.3 Å². The minimum Gasteiger partial charge on any atom is -0.353 e. The van der Waals surface area contributed by atoms with Crippen LogP contribution in [0.25, 0.3) is 0 Å². The molecule has 0 unspecified atom stereocenters. The fraction of sp³-hybridized carbons (Fsp3) is 0.667. The highest BCUT2D eigenvalue weighted by molar-refractivity contribution is 6.63. The van der Waals surface area contributed by atoms with E-state index >= 15 is 0 Å². The van der Waals surface area contributed by atoms with Gasteiger partial charge in [0.1, 0.15) is 0 Å². The van der Waals surface area contributed by atoms with Crippen molar-refractivity contribution in [1.82, 2.24) is 5.32 Å². The van der Waals surface area contributed by atoms with Crippen LogP contribution in [0.4, 0.5) is 0 Å². The van der Waals surface area contributed by atoms with Crippen LogP contribution in [0.2, 0.25) is 0 Å². The molecule has 0 bridgehead atoms.